The third-order valence-electron chi connectivity index (χ3n) is 6.18. The molecule has 0 radical (unpaired) electrons. The minimum atomic E-state index is -0.847. The number of hydrogen-bond donors (Lipinski definition) is 1. The third kappa shape index (κ3) is 7.37. The van der Waals surface area contributed by atoms with Gasteiger partial charge in [0.1, 0.15) is 18.4 Å². The van der Waals surface area contributed by atoms with Gasteiger partial charge in [-0.05, 0) is 64.8 Å². The molecule has 37 heavy (non-hydrogen) atoms. The molecule has 196 valence electrons. The molecule has 1 unspecified atom stereocenters. The van der Waals surface area contributed by atoms with Crippen molar-refractivity contribution in [2.24, 2.45) is 21.1 Å². The first-order chi connectivity index (χ1) is 17.5. The van der Waals surface area contributed by atoms with Crippen molar-refractivity contribution in [1.82, 2.24) is 9.97 Å². The SMILES string of the molecule is [C-]#[N+]c1nc(/N=N/c2ccc(N(CC)CCOC(=O)C(C)(C)CC(C)(CC)C(=O)OC)cc2)[nH]c1C#N. The fourth-order valence-corrected chi connectivity index (χ4v) is 3.94. The van der Waals surface area contributed by atoms with Crippen LogP contribution in [0.2, 0.25) is 0 Å². The number of nitriles is 1. The van der Waals surface area contributed by atoms with E-state index < -0.39 is 10.8 Å². The molecule has 0 fully saturated rings. The first kappa shape index (κ1) is 29.0. The summed E-state index contributed by atoms with van der Waals surface area (Å²) in [6.07, 6.45) is 0.880. The molecule has 1 aromatic heterocycles. The van der Waals surface area contributed by atoms with E-state index in [1.165, 1.54) is 7.11 Å². The van der Waals surface area contributed by atoms with Gasteiger partial charge in [0.2, 0.25) is 0 Å². The van der Waals surface area contributed by atoms with Crippen molar-refractivity contribution < 1.29 is 19.1 Å². The van der Waals surface area contributed by atoms with Gasteiger partial charge in [-0.25, -0.2) is 0 Å². The number of aromatic amines is 1. The molecule has 0 spiro atoms. The van der Waals surface area contributed by atoms with Crippen LogP contribution in [0.4, 0.5) is 23.1 Å². The second-order valence-corrected chi connectivity index (χ2v) is 9.38. The first-order valence-corrected chi connectivity index (χ1v) is 11.9. The van der Waals surface area contributed by atoms with Gasteiger partial charge in [0.25, 0.3) is 0 Å². The lowest BCUT2D eigenvalue weighted by molar-refractivity contribution is -0.161. The number of aromatic nitrogens is 2. The summed E-state index contributed by atoms with van der Waals surface area (Å²) < 4.78 is 10.5. The van der Waals surface area contributed by atoms with Crippen molar-refractivity contribution in [3.8, 4) is 6.07 Å². The fourth-order valence-electron chi connectivity index (χ4n) is 3.94. The maximum Gasteiger partial charge on any atom is 0.342 e. The van der Waals surface area contributed by atoms with Gasteiger partial charge in [0.05, 0.1) is 30.2 Å². The van der Waals surface area contributed by atoms with Crippen molar-refractivity contribution in [2.45, 2.75) is 47.5 Å². The summed E-state index contributed by atoms with van der Waals surface area (Å²) in [5.41, 5.74) is -0.0806. The lowest BCUT2D eigenvalue weighted by Gasteiger charge is -2.33. The van der Waals surface area contributed by atoms with Crippen LogP contribution in [-0.2, 0) is 19.1 Å². The monoisotopic (exact) mass is 507 g/mol. The van der Waals surface area contributed by atoms with Crippen LogP contribution in [0.3, 0.4) is 0 Å². The molecule has 0 aliphatic carbocycles. The number of nitrogens with one attached hydrogen (secondary N) is 1. The Kier molecular flexibility index (Phi) is 9.90. The normalized spacial score (nSPS) is 12.9. The van der Waals surface area contributed by atoms with Gasteiger partial charge in [-0.1, -0.05) is 23.6 Å². The van der Waals surface area contributed by atoms with E-state index in [-0.39, 0.29) is 36.0 Å². The van der Waals surface area contributed by atoms with Crippen LogP contribution in [0.1, 0.15) is 53.2 Å². The average Bonchev–Trinajstić information content (AvgIpc) is 3.31. The summed E-state index contributed by atoms with van der Waals surface area (Å²) in [6.45, 7) is 17.7. The number of esters is 2. The highest BCUT2D eigenvalue weighted by Gasteiger charge is 2.42. The number of rotatable bonds is 12. The largest absolute Gasteiger partial charge is 0.469 e. The molecule has 1 atom stereocenters. The number of likely N-dealkylation sites (N-methyl/N-ethyl adjacent to an activating group) is 1. The van der Waals surface area contributed by atoms with E-state index in [0.717, 1.165) is 5.69 Å². The van der Waals surface area contributed by atoms with Crippen LogP contribution in [0.25, 0.3) is 4.85 Å². The number of azo groups is 1. The van der Waals surface area contributed by atoms with Crippen LogP contribution < -0.4 is 4.90 Å². The maximum absolute atomic E-state index is 12.8. The van der Waals surface area contributed by atoms with E-state index in [1.54, 1.807) is 32.9 Å². The lowest BCUT2D eigenvalue weighted by atomic mass is 9.72. The zero-order valence-electron chi connectivity index (χ0n) is 22.2. The highest BCUT2D eigenvalue weighted by Crippen LogP contribution is 2.38. The molecule has 1 heterocycles. The smallest absolute Gasteiger partial charge is 0.342 e. The van der Waals surface area contributed by atoms with E-state index in [1.807, 2.05) is 32.0 Å². The summed E-state index contributed by atoms with van der Waals surface area (Å²) in [5, 5.41) is 17.0. The highest BCUT2D eigenvalue weighted by atomic mass is 16.5. The Labute approximate surface area is 217 Å². The number of methoxy groups -OCH3 is 1. The zero-order valence-corrected chi connectivity index (χ0v) is 22.2. The van der Waals surface area contributed by atoms with Crippen molar-refractivity contribution in [3.05, 3.63) is 41.4 Å². The van der Waals surface area contributed by atoms with Gasteiger partial charge in [-0.15, -0.1) is 5.11 Å². The molecule has 2 rings (SSSR count). The van der Waals surface area contributed by atoms with Gasteiger partial charge >= 0.3 is 23.7 Å². The Balaban J connectivity index is 1.97. The maximum atomic E-state index is 12.8. The van der Waals surface area contributed by atoms with E-state index >= 15 is 0 Å². The highest BCUT2D eigenvalue weighted by molar-refractivity contribution is 5.80. The second-order valence-electron chi connectivity index (χ2n) is 9.38. The van der Waals surface area contributed by atoms with Crippen LogP contribution in [0.15, 0.2) is 34.5 Å². The number of imidazole rings is 1. The number of anilines is 1. The Bertz CT molecular complexity index is 1170. The molecule has 0 aliphatic rings. The standard InChI is InChI=1S/C26H33N7O4/c1-8-26(5,23(35)36-7)17-25(3,4)22(34)37-15-14-33(9-2)19-12-10-18(11-13-19)31-32-24-29-20(16-27)21(28-6)30-24/h10-13H,8-9,14-15,17H2,1-5,7H3,(H,29,30)/b32-31+. The number of carbonyl (C=O) groups is 2. The number of carbonyl (C=O) groups excluding carboxylic acids is 2. The quantitative estimate of drug-likeness (QED) is 0.223. The molecule has 0 amide bonds. The fraction of sp³-hybridized carbons (Fsp3) is 0.500. The predicted octanol–water partition coefficient (Wildman–Crippen LogP) is 5.62. The Morgan fingerprint density at radius 1 is 1.19 bits per heavy atom. The summed E-state index contributed by atoms with van der Waals surface area (Å²) >= 11 is 0. The topological polar surface area (TPSA) is 137 Å². The van der Waals surface area contributed by atoms with E-state index in [0.29, 0.717) is 31.6 Å². The molecule has 0 saturated heterocycles. The molecule has 2 aromatic rings. The van der Waals surface area contributed by atoms with E-state index in [9.17, 15) is 9.59 Å². The van der Waals surface area contributed by atoms with Crippen molar-refractivity contribution in [2.75, 3.05) is 31.7 Å². The third-order valence-corrected chi connectivity index (χ3v) is 6.18. The van der Waals surface area contributed by atoms with E-state index in [2.05, 4.69) is 29.9 Å². The first-order valence-electron chi connectivity index (χ1n) is 11.9. The number of H-pyrrole nitrogens is 1. The molecular formula is C26H33N7O4. The predicted molar refractivity (Wildman–Crippen MR) is 138 cm³/mol. The summed E-state index contributed by atoms with van der Waals surface area (Å²) in [6, 6.07) is 9.16. The van der Waals surface area contributed by atoms with Crippen molar-refractivity contribution in [3.63, 3.8) is 0 Å². The molecule has 0 saturated carbocycles. The molecule has 1 N–H and O–H groups in total. The minimum Gasteiger partial charge on any atom is -0.469 e. The Morgan fingerprint density at radius 2 is 1.86 bits per heavy atom. The van der Waals surface area contributed by atoms with Gasteiger partial charge in [0, 0.05) is 12.2 Å². The van der Waals surface area contributed by atoms with Crippen LogP contribution in [0, 0.1) is 28.7 Å². The van der Waals surface area contributed by atoms with Crippen LogP contribution >= 0.6 is 0 Å². The number of benzene rings is 1. The minimum absolute atomic E-state index is 0.0441. The molecule has 11 heteroatoms. The van der Waals surface area contributed by atoms with E-state index in [4.69, 9.17) is 21.3 Å². The van der Waals surface area contributed by atoms with Gasteiger partial charge in [0.15, 0.2) is 0 Å². The lowest BCUT2D eigenvalue weighted by Crippen LogP contribution is -2.39. The second kappa shape index (κ2) is 12.6. The number of hydrogen-bond acceptors (Lipinski definition) is 9. The zero-order chi connectivity index (χ0) is 27.6. The van der Waals surface area contributed by atoms with Gasteiger partial charge in [-0.2, -0.15) is 5.26 Å². The van der Waals surface area contributed by atoms with Gasteiger partial charge in [-0.3, -0.25) is 9.59 Å². The van der Waals surface area contributed by atoms with Gasteiger partial charge < -0.3 is 24.2 Å². The Hall–Kier alpha value is -4.25. The molecule has 0 aliphatic heterocycles. The molecule has 11 nitrogen and oxygen atoms in total. The molecule has 0 bridgehead atoms. The Morgan fingerprint density at radius 3 is 2.38 bits per heavy atom. The molecular weight excluding hydrogens is 474 g/mol. The number of ether oxygens (including phenoxy) is 2. The van der Waals surface area contributed by atoms with Crippen LogP contribution in [0.5, 0.6) is 0 Å². The van der Waals surface area contributed by atoms with Crippen molar-refractivity contribution in [1.29, 1.82) is 5.26 Å². The molecule has 1 aromatic carbocycles. The number of nitrogens with zero attached hydrogens (tertiary/aromatic N) is 6. The summed E-state index contributed by atoms with van der Waals surface area (Å²) in [7, 11) is 1.35. The van der Waals surface area contributed by atoms with Crippen molar-refractivity contribution >= 4 is 35.1 Å². The average molecular weight is 508 g/mol. The van der Waals surface area contributed by atoms with Crippen LogP contribution in [-0.4, -0.2) is 48.7 Å². The summed E-state index contributed by atoms with van der Waals surface area (Å²) in [5.74, 6) is -0.656. The summed E-state index contributed by atoms with van der Waals surface area (Å²) in [4.78, 5) is 36.8.